The lowest BCUT2D eigenvalue weighted by atomic mass is 10.1. The molecule has 0 spiro atoms. The van der Waals surface area contributed by atoms with Crippen LogP contribution in [0.15, 0.2) is 30.4 Å². The van der Waals surface area contributed by atoms with Gasteiger partial charge in [0.05, 0.1) is 7.11 Å². The van der Waals surface area contributed by atoms with Crippen molar-refractivity contribution in [2.45, 2.75) is 39.8 Å². The minimum Gasteiger partial charge on any atom is -0.497 e. The Hall–Kier alpha value is -1.48. The van der Waals surface area contributed by atoms with Crippen LogP contribution in [-0.2, 0) is 6.54 Å². The molecule has 0 unspecified atom stereocenters. The summed E-state index contributed by atoms with van der Waals surface area (Å²) in [6, 6.07) is 5.86. The molecule has 3 heteroatoms. The average molecular weight is 263 g/mol. The van der Waals surface area contributed by atoms with Crippen LogP contribution in [0.25, 0.3) is 0 Å². The maximum Gasteiger partial charge on any atom is 0.124 e. The molecule has 0 aliphatic rings. The van der Waals surface area contributed by atoms with Gasteiger partial charge in [0.15, 0.2) is 0 Å². The summed E-state index contributed by atoms with van der Waals surface area (Å²) in [6.45, 7) is 13.5. The van der Waals surface area contributed by atoms with Gasteiger partial charge in [-0.1, -0.05) is 6.58 Å². The van der Waals surface area contributed by atoms with E-state index in [0.717, 1.165) is 29.2 Å². The van der Waals surface area contributed by atoms with E-state index in [1.165, 1.54) is 0 Å². The van der Waals surface area contributed by atoms with Crippen LogP contribution in [0.1, 0.15) is 33.3 Å². The van der Waals surface area contributed by atoms with Crippen LogP contribution in [0.2, 0.25) is 0 Å². The lowest BCUT2D eigenvalue weighted by Gasteiger charge is -2.22. The van der Waals surface area contributed by atoms with Crippen molar-refractivity contribution in [1.82, 2.24) is 5.32 Å². The Kier molecular flexibility index (Phi) is 5.43. The Morgan fingerprint density at radius 1 is 1.32 bits per heavy atom. The van der Waals surface area contributed by atoms with E-state index in [1.54, 1.807) is 7.11 Å². The molecule has 106 valence electrons. The third-order valence-electron chi connectivity index (χ3n) is 2.55. The van der Waals surface area contributed by atoms with Gasteiger partial charge in [-0.3, -0.25) is 0 Å². The van der Waals surface area contributed by atoms with Crippen LogP contribution >= 0.6 is 0 Å². The van der Waals surface area contributed by atoms with Crippen molar-refractivity contribution in [1.29, 1.82) is 0 Å². The molecule has 0 radical (unpaired) electrons. The number of hydrogen-bond acceptors (Lipinski definition) is 3. The van der Waals surface area contributed by atoms with E-state index in [2.05, 4.69) is 32.7 Å². The first-order valence-electron chi connectivity index (χ1n) is 6.51. The second-order valence-electron chi connectivity index (χ2n) is 5.82. The molecule has 3 nitrogen and oxygen atoms in total. The predicted octanol–water partition coefficient (Wildman–Crippen LogP) is 3.54. The Labute approximate surface area is 116 Å². The first-order chi connectivity index (χ1) is 8.81. The van der Waals surface area contributed by atoms with Gasteiger partial charge in [0.25, 0.3) is 0 Å². The molecule has 0 heterocycles. The highest BCUT2D eigenvalue weighted by Gasteiger charge is 2.12. The zero-order valence-corrected chi connectivity index (χ0v) is 12.7. The quantitative estimate of drug-likeness (QED) is 0.796. The van der Waals surface area contributed by atoms with Crippen molar-refractivity contribution < 1.29 is 9.47 Å². The largest absolute Gasteiger partial charge is 0.497 e. The van der Waals surface area contributed by atoms with Crippen molar-refractivity contribution in [3.8, 4) is 11.5 Å². The smallest absolute Gasteiger partial charge is 0.124 e. The number of rotatable bonds is 6. The molecule has 0 atom stereocenters. The summed E-state index contributed by atoms with van der Waals surface area (Å²) in [5.74, 6) is 1.72. The van der Waals surface area contributed by atoms with E-state index in [-0.39, 0.29) is 5.54 Å². The third kappa shape index (κ3) is 5.79. The second kappa shape index (κ2) is 6.62. The molecule has 1 N–H and O–H groups in total. The van der Waals surface area contributed by atoms with E-state index in [9.17, 15) is 0 Å². The van der Waals surface area contributed by atoms with Crippen LogP contribution in [0, 0.1) is 0 Å². The number of benzene rings is 1. The number of nitrogens with one attached hydrogen (secondary N) is 1. The van der Waals surface area contributed by atoms with Gasteiger partial charge in [-0.2, -0.15) is 0 Å². The van der Waals surface area contributed by atoms with E-state index in [0.29, 0.717) is 6.61 Å². The highest BCUT2D eigenvalue weighted by Crippen LogP contribution is 2.25. The van der Waals surface area contributed by atoms with Crippen LogP contribution in [0.3, 0.4) is 0 Å². The number of hydrogen-bond donors (Lipinski definition) is 1. The fourth-order valence-corrected chi connectivity index (χ4v) is 1.52. The molecule has 0 bridgehead atoms. The first-order valence-corrected chi connectivity index (χ1v) is 6.51. The van der Waals surface area contributed by atoms with Crippen molar-refractivity contribution in [2.24, 2.45) is 0 Å². The number of methoxy groups -OCH3 is 1. The minimum absolute atomic E-state index is 0.0642. The van der Waals surface area contributed by atoms with Crippen LogP contribution in [0.4, 0.5) is 0 Å². The summed E-state index contributed by atoms with van der Waals surface area (Å²) in [6.07, 6.45) is 0. The Bertz CT molecular complexity index is 433. The van der Waals surface area contributed by atoms with E-state index < -0.39 is 0 Å². The molecule has 0 amide bonds. The fourth-order valence-electron chi connectivity index (χ4n) is 1.52. The lowest BCUT2D eigenvalue weighted by Crippen LogP contribution is -2.35. The van der Waals surface area contributed by atoms with Gasteiger partial charge in [0.1, 0.15) is 18.1 Å². The van der Waals surface area contributed by atoms with Crippen molar-refractivity contribution in [3.63, 3.8) is 0 Å². The molecular weight excluding hydrogens is 238 g/mol. The third-order valence-corrected chi connectivity index (χ3v) is 2.55. The summed E-state index contributed by atoms with van der Waals surface area (Å²) < 4.78 is 11.0. The molecule has 0 saturated carbocycles. The molecule has 0 saturated heterocycles. The minimum atomic E-state index is 0.0642. The second-order valence-corrected chi connectivity index (χ2v) is 5.82. The molecular formula is C16H25NO2. The van der Waals surface area contributed by atoms with Gasteiger partial charge in [-0.15, -0.1) is 0 Å². The van der Waals surface area contributed by atoms with Crippen LogP contribution in [0.5, 0.6) is 11.5 Å². The van der Waals surface area contributed by atoms with Crippen LogP contribution in [-0.4, -0.2) is 19.3 Å². The van der Waals surface area contributed by atoms with Gasteiger partial charge in [0.2, 0.25) is 0 Å². The van der Waals surface area contributed by atoms with E-state index in [1.807, 2.05) is 25.1 Å². The monoisotopic (exact) mass is 263 g/mol. The van der Waals surface area contributed by atoms with Gasteiger partial charge in [0, 0.05) is 17.6 Å². The summed E-state index contributed by atoms with van der Waals surface area (Å²) in [5, 5.41) is 3.46. The van der Waals surface area contributed by atoms with Crippen molar-refractivity contribution >= 4 is 0 Å². The Balaban J connectivity index is 2.85. The molecule has 1 aromatic rings. The predicted molar refractivity (Wildman–Crippen MR) is 79.9 cm³/mol. The SMILES string of the molecule is C=C(C)COc1ccc(OC)cc1CNC(C)(C)C. The molecule has 19 heavy (non-hydrogen) atoms. The molecule has 0 fully saturated rings. The molecule has 1 rings (SSSR count). The molecule has 0 aromatic heterocycles. The summed E-state index contributed by atoms with van der Waals surface area (Å²) in [5.41, 5.74) is 2.16. The normalized spacial score (nSPS) is 11.2. The lowest BCUT2D eigenvalue weighted by molar-refractivity contribution is 0.341. The zero-order valence-electron chi connectivity index (χ0n) is 12.7. The topological polar surface area (TPSA) is 30.5 Å². The molecule has 0 aliphatic carbocycles. The van der Waals surface area contributed by atoms with Gasteiger partial charge in [-0.05, 0) is 51.5 Å². The van der Waals surface area contributed by atoms with E-state index >= 15 is 0 Å². The highest BCUT2D eigenvalue weighted by atomic mass is 16.5. The highest BCUT2D eigenvalue weighted by molar-refractivity contribution is 5.40. The average Bonchev–Trinajstić information content (AvgIpc) is 2.33. The molecule has 0 aliphatic heterocycles. The van der Waals surface area contributed by atoms with Crippen molar-refractivity contribution in [3.05, 3.63) is 35.9 Å². The van der Waals surface area contributed by atoms with Crippen molar-refractivity contribution in [2.75, 3.05) is 13.7 Å². The van der Waals surface area contributed by atoms with E-state index in [4.69, 9.17) is 9.47 Å². The summed E-state index contributed by atoms with van der Waals surface area (Å²) in [4.78, 5) is 0. The zero-order chi connectivity index (χ0) is 14.5. The standard InChI is InChI=1S/C16H25NO2/c1-12(2)11-19-15-8-7-14(18-6)9-13(15)10-17-16(3,4)5/h7-9,17H,1,10-11H2,2-6H3. The summed E-state index contributed by atoms with van der Waals surface area (Å²) >= 11 is 0. The first kappa shape index (κ1) is 15.6. The van der Waals surface area contributed by atoms with Gasteiger partial charge in [-0.25, -0.2) is 0 Å². The van der Waals surface area contributed by atoms with Gasteiger partial charge >= 0.3 is 0 Å². The Morgan fingerprint density at radius 3 is 2.53 bits per heavy atom. The fraction of sp³-hybridized carbons (Fsp3) is 0.500. The Morgan fingerprint density at radius 2 is 2.00 bits per heavy atom. The van der Waals surface area contributed by atoms with Gasteiger partial charge < -0.3 is 14.8 Å². The van der Waals surface area contributed by atoms with Crippen LogP contribution < -0.4 is 14.8 Å². The summed E-state index contributed by atoms with van der Waals surface area (Å²) in [7, 11) is 1.67. The molecule has 1 aromatic carbocycles. The maximum absolute atomic E-state index is 5.77. The number of ether oxygens (including phenoxy) is 2. The maximum atomic E-state index is 5.77.